The Morgan fingerprint density at radius 3 is 2.77 bits per heavy atom. The summed E-state index contributed by atoms with van der Waals surface area (Å²) in [7, 11) is 1.77. The van der Waals surface area contributed by atoms with Crippen LogP contribution in [-0.4, -0.2) is 48.0 Å². The molecule has 0 aliphatic carbocycles. The molecule has 9 heteroatoms. The molecule has 1 saturated heterocycles. The van der Waals surface area contributed by atoms with E-state index in [0.717, 1.165) is 19.5 Å². The van der Waals surface area contributed by atoms with Crippen molar-refractivity contribution in [2.75, 3.05) is 25.5 Å². The van der Waals surface area contributed by atoms with Crippen LogP contribution < -0.4 is 10.6 Å². The highest BCUT2D eigenvalue weighted by atomic mass is 35.5. The number of thiophene rings is 1. The van der Waals surface area contributed by atoms with Crippen molar-refractivity contribution in [2.45, 2.75) is 12.5 Å². The molecule has 140 valence electrons. The molecule has 0 saturated carbocycles. The number of amides is 2. The number of nitrogens with zero attached hydrogens (tertiary/aromatic N) is 1. The topological polar surface area (TPSA) is 81.7 Å². The Morgan fingerprint density at radius 2 is 2.12 bits per heavy atom. The maximum absolute atomic E-state index is 12.7. The summed E-state index contributed by atoms with van der Waals surface area (Å²) in [4.78, 5) is 26.8. The van der Waals surface area contributed by atoms with Crippen LogP contribution in [0.15, 0.2) is 29.6 Å². The number of hydrogen-bond donors (Lipinski definition) is 3. The SMILES string of the molecule is CN(C(=O)c1ccsc1NC(=O)c1ccc(Cl)cc1O)C1CCNC1.Cl. The van der Waals surface area contributed by atoms with Crippen molar-refractivity contribution in [3.8, 4) is 5.75 Å². The van der Waals surface area contributed by atoms with Gasteiger partial charge in [-0.05, 0) is 42.6 Å². The van der Waals surface area contributed by atoms with Gasteiger partial charge >= 0.3 is 0 Å². The maximum Gasteiger partial charge on any atom is 0.260 e. The van der Waals surface area contributed by atoms with Gasteiger partial charge in [0.25, 0.3) is 11.8 Å². The van der Waals surface area contributed by atoms with Crippen LogP contribution in [0.2, 0.25) is 5.02 Å². The van der Waals surface area contributed by atoms with Crippen LogP contribution >= 0.6 is 35.3 Å². The van der Waals surface area contributed by atoms with E-state index in [-0.39, 0.29) is 35.7 Å². The van der Waals surface area contributed by atoms with Crippen LogP contribution in [-0.2, 0) is 0 Å². The van der Waals surface area contributed by atoms with E-state index in [1.807, 2.05) is 0 Å². The van der Waals surface area contributed by atoms with Crippen molar-refractivity contribution in [1.29, 1.82) is 0 Å². The molecule has 1 aromatic carbocycles. The Hall–Kier alpha value is -1.80. The van der Waals surface area contributed by atoms with Crippen molar-refractivity contribution in [3.05, 3.63) is 45.8 Å². The van der Waals surface area contributed by atoms with Gasteiger partial charge in [0.05, 0.1) is 11.1 Å². The van der Waals surface area contributed by atoms with Gasteiger partial charge < -0.3 is 20.6 Å². The van der Waals surface area contributed by atoms with E-state index in [2.05, 4.69) is 10.6 Å². The van der Waals surface area contributed by atoms with E-state index in [1.165, 1.54) is 29.5 Å². The van der Waals surface area contributed by atoms with E-state index in [1.54, 1.807) is 23.4 Å². The Balaban J connectivity index is 0.00000243. The zero-order valence-corrected chi connectivity index (χ0v) is 16.4. The summed E-state index contributed by atoms with van der Waals surface area (Å²) in [5.74, 6) is -0.829. The van der Waals surface area contributed by atoms with Crippen LogP contribution in [0.5, 0.6) is 5.75 Å². The van der Waals surface area contributed by atoms with Gasteiger partial charge in [-0.25, -0.2) is 0 Å². The van der Waals surface area contributed by atoms with Crippen molar-refractivity contribution in [3.63, 3.8) is 0 Å². The second kappa shape index (κ2) is 8.73. The molecule has 1 atom stereocenters. The number of anilines is 1. The van der Waals surface area contributed by atoms with E-state index >= 15 is 0 Å². The number of likely N-dealkylation sites (N-methyl/N-ethyl adjacent to an activating group) is 1. The number of hydrogen-bond acceptors (Lipinski definition) is 5. The maximum atomic E-state index is 12.7. The molecule has 6 nitrogen and oxygen atoms in total. The second-order valence-corrected chi connectivity index (χ2v) is 7.19. The first-order chi connectivity index (χ1) is 12.0. The summed E-state index contributed by atoms with van der Waals surface area (Å²) in [5, 5.41) is 18.4. The Bertz CT molecular complexity index is 806. The van der Waals surface area contributed by atoms with Gasteiger partial charge in [0.1, 0.15) is 10.8 Å². The molecule has 1 aromatic heterocycles. The Kier molecular flexibility index (Phi) is 6.88. The number of halogens is 2. The number of benzene rings is 1. The largest absolute Gasteiger partial charge is 0.507 e. The summed E-state index contributed by atoms with van der Waals surface area (Å²) < 4.78 is 0. The average Bonchev–Trinajstić information content (AvgIpc) is 3.25. The van der Waals surface area contributed by atoms with Crippen molar-refractivity contribution >= 4 is 52.2 Å². The number of carbonyl (C=O) groups is 2. The molecule has 26 heavy (non-hydrogen) atoms. The lowest BCUT2D eigenvalue weighted by Crippen LogP contribution is -2.38. The van der Waals surface area contributed by atoms with Gasteiger partial charge in [0, 0.05) is 24.7 Å². The molecule has 1 unspecified atom stereocenters. The predicted octanol–water partition coefficient (Wildman–Crippen LogP) is 3.22. The minimum absolute atomic E-state index is 0. The van der Waals surface area contributed by atoms with Crippen LogP contribution in [0.1, 0.15) is 27.1 Å². The molecule has 1 fully saturated rings. The van der Waals surface area contributed by atoms with Gasteiger partial charge in [-0.1, -0.05) is 11.6 Å². The first kappa shape index (κ1) is 20.5. The quantitative estimate of drug-likeness (QED) is 0.715. The van der Waals surface area contributed by atoms with E-state index in [4.69, 9.17) is 11.6 Å². The molecule has 1 aliphatic rings. The summed E-state index contributed by atoms with van der Waals surface area (Å²) in [6.07, 6.45) is 0.909. The average molecular weight is 416 g/mol. The van der Waals surface area contributed by atoms with Crippen LogP contribution in [0.25, 0.3) is 0 Å². The van der Waals surface area contributed by atoms with E-state index in [0.29, 0.717) is 15.6 Å². The van der Waals surface area contributed by atoms with Gasteiger partial charge in [-0.2, -0.15) is 0 Å². The first-order valence-electron chi connectivity index (χ1n) is 7.82. The lowest BCUT2D eigenvalue weighted by Gasteiger charge is -2.24. The monoisotopic (exact) mass is 415 g/mol. The number of phenols is 1. The lowest BCUT2D eigenvalue weighted by molar-refractivity contribution is 0.0745. The molecule has 0 bridgehead atoms. The third kappa shape index (κ3) is 4.29. The van der Waals surface area contributed by atoms with Crippen LogP contribution in [0.3, 0.4) is 0 Å². The molecule has 3 N–H and O–H groups in total. The third-order valence-corrected chi connectivity index (χ3v) is 5.29. The van der Waals surface area contributed by atoms with Gasteiger partial charge in [-0.15, -0.1) is 23.7 Å². The van der Waals surface area contributed by atoms with Crippen LogP contribution in [0, 0.1) is 0 Å². The molecule has 1 aliphatic heterocycles. The second-order valence-electron chi connectivity index (χ2n) is 5.84. The van der Waals surface area contributed by atoms with Crippen LogP contribution in [0.4, 0.5) is 5.00 Å². The van der Waals surface area contributed by atoms with E-state index in [9.17, 15) is 14.7 Å². The number of aromatic hydroxyl groups is 1. The van der Waals surface area contributed by atoms with Crippen molar-refractivity contribution in [1.82, 2.24) is 10.2 Å². The lowest BCUT2D eigenvalue weighted by atomic mass is 10.1. The highest BCUT2D eigenvalue weighted by Crippen LogP contribution is 2.28. The third-order valence-electron chi connectivity index (χ3n) is 4.23. The molecule has 2 amide bonds. The van der Waals surface area contributed by atoms with Gasteiger partial charge in [0.15, 0.2) is 0 Å². The zero-order valence-electron chi connectivity index (χ0n) is 14.0. The molecule has 2 aromatic rings. The summed E-state index contributed by atoms with van der Waals surface area (Å²) in [6.45, 7) is 1.66. The highest BCUT2D eigenvalue weighted by molar-refractivity contribution is 7.14. The standard InChI is InChI=1S/C17H18ClN3O3S.ClH/c1-21(11-4-6-19-9-11)17(24)13-5-7-25-16(13)20-15(23)12-3-2-10(18)8-14(12)22;/h2-3,5,7-8,11,19,22H,4,6,9H2,1H3,(H,20,23);1H. The fourth-order valence-corrected chi connectivity index (χ4v) is 3.71. The van der Waals surface area contributed by atoms with E-state index < -0.39 is 5.91 Å². The molecule has 0 radical (unpaired) electrons. The molecular weight excluding hydrogens is 397 g/mol. The normalized spacial score (nSPS) is 16.0. The highest BCUT2D eigenvalue weighted by Gasteiger charge is 2.26. The van der Waals surface area contributed by atoms with Gasteiger partial charge in [0.2, 0.25) is 0 Å². The zero-order chi connectivity index (χ0) is 18.0. The summed E-state index contributed by atoms with van der Waals surface area (Å²) in [5.41, 5.74) is 0.547. The molecule has 3 rings (SSSR count). The van der Waals surface area contributed by atoms with Crippen molar-refractivity contribution in [2.24, 2.45) is 0 Å². The first-order valence-corrected chi connectivity index (χ1v) is 9.08. The Labute approximate surface area is 166 Å². The fraction of sp³-hybridized carbons (Fsp3) is 0.294. The predicted molar refractivity (Wildman–Crippen MR) is 106 cm³/mol. The summed E-state index contributed by atoms with van der Waals surface area (Å²) >= 11 is 7.05. The Morgan fingerprint density at radius 1 is 1.35 bits per heavy atom. The number of phenolic OH excluding ortho intramolecular Hbond substituents is 1. The smallest absolute Gasteiger partial charge is 0.260 e. The molecule has 0 spiro atoms. The molecule has 2 heterocycles. The minimum atomic E-state index is -0.490. The number of rotatable bonds is 4. The van der Waals surface area contributed by atoms with Gasteiger partial charge in [-0.3, -0.25) is 9.59 Å². The fourth-order valence-electron chi connectivity index (χ4n) is 2.77. The van der Waals surface area contributed by atoms with Crippen molar-refractivity contribution < 1.29 is 14.7 Å². The minimum Gasteiger partial charge on any atom is -0.507 e. The number of carbonyl (C=O) groups excluding carboxylic acids is 2. The molecular formula is C17H19Cl2N3O3S. The number of nitrogens with one attached hydrogen (secondary N) is 2. The summed E-state index contributed by atoms with van der Waals surface area (Å²) in [6, 6.07) is 6.12.